The van der Waals surface area contributed by atoms with Gasteiger partial charge in [0.05, 0.1) is 10.5 Å². The van der Waals surface area contributed by atoms with E-state index >= 15 is 0 Å². The number of nitrogens with zero attached hydrogens (tertiary/aromatic N) is 3. The Morgan fingerprint density at radius 3 is 2.41 bits per heavy atom. The molecular weight excluding hydrogens is 473 g/mol. The van der Waals surface area contributed by atoms with Crippen LogP contribution in [0.15, 0.2) is 60.7 Å². The Hall–Kier alpha value is -4.24. The zero-order valence-electron chi connectivity index (χ0n) is 20.2. The number of H-pyrrole nitrogens is 1. The normalized spacial score (nSPS) is 16.0. The van der Waals surface area contributed by atoms with Crippen molar-refractivity contribution in [3.05, 3.63) is 93.3 Å². The Balaban J connectivity index is 1.15. The van der Waals surface area contributed by atoms with Crippen molar-refractivity contribution in [1.29, 1.82) is 0 Å². The van der Waals surface area contributed by atoms with Gasteiger partial charge in [-0.3, -0.25) is 19.8 Å². The molecule has 9 heteroatoms. The number of carbonyl (C=O) groups excluding carboxylic acids is 1. The smallest absolute Gasteiger partial charge is 0.269 e. The van der Waals surface area contributed by atoms with E-state index in [4.69, 9.17) is 0 Å². The van der Waals surface area contributed by atoms with Gasteiger partial charge < -0.3 is 15.2 Å². The minimum atomic E-state index is -0.428. The maximum absolute atomic E-state index is 14.2. The van der Waals surface area contributed by atoms with E-state index in [9.17, 15) is 19.3 Å². The quantitative estimate of drug-likeness (QED) is 0.312. The zero-order valence-corrected chi connectivity index (χ0v) is 20.2. The summed E-state index contributed by atoms with van der Waals surface area (Å²) in [5.41, 5.74) is 6.34. The fraction of sp³-hybridized carbons (Fsp3) is 0.250. The molecule has 37 heavy (non-hydrogen) atoms. The molecule has 3 heterocycles. The number of nitrogens with one attached hydrogen (secondary N) is 2. The van der Waals surface area contributed by atoms with Crippen molar-refractivity contribution in [2.24, 2.45) is 0 Å². The van der Waals surface area contributed by atoms with Gasteiger partial charge in [-0.2, -0.15) is 0 Å². The van der Waals surface area contributed by atoms with Gasteiger partial charge in [0.15, 0.2) is 0 Å². The lowest BCUT2D eigenvalue weighted by molar-refractivity contribution is -0.384. The topological polar surface area (TPSA) is 94.5 Å². The highest BCUT2D eigenvalue weighted by Gasteiger charge is 2.24. The largest absolute Gasteiger partial charge is 0.369 e. The molecule has 0 radical (unpaired) electrons. The van der Waals surface area contributed by atoms with Crippen LogP contribution in [0.3, 0.4) is 0 Å². The number of nitro groups is 1. The summed E-state index contributed by atoms with van der Waals surface area (Å²) in [4.78, 5) is 31.0. The van der Waals surface area contributed by atoms with E-state index < -0.39 is 5.82 Å². The van der Waals surface area contributed by atoms with Crippen LogP contribution in [-0.2, 0) is 13.0 Å². The second-order valence-electron chi connectivity index (χ2n) is 9.59. The minimum absolute atomic E-state index is 0.107. The predicted octanol–water partition coefficient (Wildman–Crippen LogP) is 4.49. The third-order valence-electron chi connectivity index (χ3n) is 7.32. The van der Waals surface area contributed by atoms with Crippen LogP contribution in [0.4, 0.5) is 15.8 Å². The Bertz CT molecular complexity index is 1490. The summed E-state index contributed by atoms with van der Waals surface area (Å²) in [5.74, 6) is -0.666. The molecule has 188 valence electrons. The van der Waals surface area contributed by atoms with Crippen LogP contribution in [0, 0.1) is 15.9 Å². The third kappa shape index (κ3) is 4.42. The molecule has 6 rings (SSSR count). The van der Waals surface area contributed by atoms with Gasteiger partial charge in [0.1, 0.15) is 5.82 Å². The molecule has 2 aliphatic rings. The molecule has 3 aromatic carbocycles. The molecule has 0 spiro atoms. The van der Waals surface area contributed by atoms with Crippen molar-refractivity contribution < 1.29 is 14.1 Å². The predicted molar refractivity (Wildman–Crippen MR) is 140 cm³/mol. The van der Waals surface area contributed by atoms with Gasteiger partial charge in [-0.25, -0.2) is 4.39 Å². The molecule has 1 fully saturated rings. The second-order valence-corrected chi connectivity index (χ2v) is 9.59. The Morgan fingerprint density at radius 1 is 0.973 bits per heavy atom. The maximum Gasteiger partial charge on any atom is 0.269 e. The van der Waals surface area contributed by atoms with Crippen molar-refractivity contribution in [2.75, 3.05) is 37.6 Å². The fourth-order valence-electron chi connectivity index (χ4n) is 5.42. The monoisotopic (exact) mass is 499 g/mol. The number of carbonyl (C=O) groups is 1. The molecule has 2 N–H and O–H groups in total. The van der Waals surface area contributed by atoms with E-state index in [0.717, 1.165) is 60.6 Å². The zero-order chi connectivity index (χ0) is 25.5. The maximum atomic E-state index is 14.2. The number of aromatic amines is 1. The van der Waals surface area contributed by atoms with Gasteiger partial charge in [-0.15, -0.1) is 0 Å². The number of aromatic nitrogens is 1. The molecule has 0 unspecified atom stereocenters. The average molecular weight is 500 g/mol. The number of nitro benzene ring substituents is 1. The lowest BCUT2D eigenvalue weighted by Crippen LogP contribution is -2.45. The number of hydrogen-bond acceptors (Lipinski definition) is 5. The third-order valence-corrected chi connectivity index (χ3v) is 7.32. The van der Waals surface area contributed by atoms with Crippen molar-refractivity contribution in [3.8, 4) is 11.3 Å². The van der Waals surface area contributed by atoms with Gasteiger partial charge in [-0.1, -0.05) is 24.3 Å². The molecular formula is C28H26FN5O3. The highest BCUT2D eigenvalue weighted by Crippen LogP contribution is 2.35. The summed E-state index contributed by atoms with van der Waals surface area (Å²) in [6.45, 7) is 4.88. The second kappa shape index (κ2) is 9.33. The number of amides is 1. The first-order valence-corrected chi connectivity index (χ1v) is 12.4. The van der Waals surface area contributed by atoms with Crippen LogP contribution >= 0.6 is 0 Å². The van der Waals surface area contributed by atoms with E-state index in [1.54, 1.807) is 12.1 Å². The van der Waals surface area contributed by atoms with Gasteiger partial charge in [0, 0.05) is 73.7 Å². The molecule has 1 amide bonds. The van der Waals surface area contributed by atoms with Crippen molar-refractivity contribution in [1.82, 2.24) is 15.2 Å². The number of anilines is 1. The summed E-state index contributed by atoms with van der Waals surface area (Å²) in [7, 11) is 0. The molecule has 0 aliphatic carbocycles. The van der Waals surface area contributed by atoms with Gasteiger partial charge >= 0.3 is 0 Å². The highest BCUT2D eigenvalue weighted by atomic mass is 19.1. The molecule has 8 nitrogen and oxygen atoms in total. The minimum Gasteiger partial charge on any atom is -0.369 e. The van der Waals surface area contributed by atoms with Crippen LogP contribution in [0.1, 0.15) is 21.5 Å². The Kier molecular flexibility index (Phi) is 5.84. The van der Waals surface area contributed by atoms with Crippen LogP contribution < -0.4 is 10.2 Å². The van der Waals surface area contributed by atoms with Crippen molar-refractivity contribution >= 4 is 28.2 Å². The standard InChI is InChI=1S/C28H26FN5O3/c29-20-15-24-26-23(9-10-30-28(24)35)27(31-25(26)16-20)19-3-1-18(2-4-19)17-32-11-13-33(14-12-32)21-5-7-22(8-6-21)34(36)37/h1-8,15-16,31H,9-14,17H2,(H,30,35). The SMILES string of the molecule is O=C1NCCc2c(-c3ccc(CN4CCN(c5ccc([N+](=O)[O-])cc5)CC4)cc3)[nH]c3cc(F)cc1c23. The van der Waals surface area contributed by atoms with Gasteiger partial charge in [0.2, 0.25) is 0 Å². The fourth-order valence-corrected chi connectivity index (χ4v) is 5.42. The van der Waals surface area contributed by atoms with Crippen LogP contribution in [-0.4, -0.2) is 53.4 Å². The lowest BCUT2D eigenvalue weighted by atomic mass is 9.99. The van der Waals surface area contributed by atoms with Crippen molar-refractivity contribution in [3.63, 3.8) is 0 Å². The van der Waals surface area contributed by atoms with E-state index in [1.807, 2.05) is 12.1 Å². The summed E-state index contributed by atoms with van der Waals surface area (Å²) in [6.07, 6.45) is 0.681. The number of benzene rings is 3. The Labute approximate surface area is 212 Å². The highest BCUT2D eigenvalue weighted by molar-refractivity contribution is 6.10. The number of halogens is 1. The Morgan fingerprint density at radius 2 is 1.70 bits per heavy atom. The summed E-state index contributed by atoms with van der Waals surface area (Å²) < 4.78 is 14.2. The van der Waals surface area contributed by atoms with E-state index in [2.05, 4.69) is 44.4 Å². The molecule has 0 bridgehead atoms. The van der Waals surface area contributed by atoms with Crippen LogP contribution in [0.2, 0.25) is 0 Å². The number of non-ortho nitro benzene ring substituents is 1. The lowest BCUT2D eigenvalue weighted by Gasteiger charge is -2.36. The van der Waals surface area contributed by atoms with Crippen LogP contribution in [0.25, 0.3) is 22.2 Å². The van der Waals surface area contributed by atoms with Gasteiger partial charge in [0.25, 0.3) is 11.6 Å². The first-order valence-electron chi connectivity index (χ1n) is 12.4. The van der Waals surface area contributed by atoms with Crippen LogP contribution in [0.5, 0.6) is 0 Å². The summed E-state index contributed by atoms with van der Waals surface area (Å²) in [6, 6.07) is 17.9. The first kappa shape index (κ1) is 23.2. The van der Waals surface area contributed by atoms with E-state index in [-0.39, 0.29) is 16.5 Å². The molecule has 0 atom stereocenters. The number of hydrogen-bond donors (Lipinski definition) is 2. The molecule has 4 aromatic rings. The first-order chi connectivity index (χ1) is 18.0. The number of rotatable bonds is 5. The number of piperazine rings is 1. The summed E-state index contributed by atoms with van der Waals surface area (Å²) in [5, 5.41) is 14.6. The van der Waals surface area contributed by atoms with Crippen molar-refractivity contribution in [2.45, 2.75) is 13.0 Å². The average Bonchev–Trinajstić information content (AvgIpc) is 3.18. The molecule has 1 aromatic heterocycles. The molecule has 1 saturated heterocycles. The molecule has 2 aliphatic heterocycles. The van der Waals surface area contributed by atoms with E-state index in [0.29, 0.717) is 24.0 Å². The van der Waals surface area contributed by atoms with E-state index in [1.165, 1.54) is 17.7 Å². The van der Waals surface area contributed by atoms with Gasteiger partial charge in [-0.05, 0) is 47.4 Å². The molecule has 0 saturated carbocycles. The summed E-state index contributed by atoms with van der Waals surface area (Å²) >= 11 is 0.